The number of aryl methyl sites for hydroxylation is 1. The summed E-state index contributed by atoms with van der Waals surface area (Å²) in [6.45, 7) is 1.92. The lowest BCUT2D eigenvalue weighted by atomic mass is 10.1. The third kappa shape index (κ3) is 3.94. The van der Waals surface area contributed by atoms with Crippen molar-refractivity contribution < 1.29 is 9.84 Å². The maximum atomic E-state index is 10.1. The van der Waals surface area contributed by atoms with Gasteiger partial charge in [0.25, 0.3) is 0 Å². The Hall–Kier alpha value is -1.59. The first-order valence-electron chi connectivity index (χ1n) is 5.93. The molecular formula is C14H16N2O2S. The first-order valence-corrected chi connectivity index (χ1v) is 6.92. The average molecular weight is 276 g/mol. The number of hydrogen-bond acceptors (Lipinski definition) is 5. The van der Waals surface area contributed by atoms with Crippen LogP contribution in [0.25, 0.3) is 0 Å². The molecule has 0 aliphatic rings. The largest absolute Gasteiger partial charge is 0.497 e. The number of ether oxygens (including phenoxy) is 1. The summed E-state index contributed by atoms with van der Waals surface area (Å²) in [5, 5.41) is 10.8. The molecule has 1 aromatic carbocycles. The molecule has 19 heavy (non-hydrogen) atoms. The predicted molar refractivity (Wildman–Crippen MR) is 75.4 cm³/mol. The zero-order valence-corrected chi connectivity index (χ0v) is 11.7. The molecule has 1 aromatic heterocycles. The molecule has 5 heteroatoms. The predicted octanol–water partition coefficient (Wildman–Crippen LogP) is 2.62. The number of hydrogen-bond donors (Lipinski definition) is 1. The second-order valence-electron chi connectivity index (χ2n) is 4.08. The fourth-order valence-electron chi connectivity index (χ4n) is 1.59. The van der Waals surface area contributed by atoms with Crippen LogP contribution in [0.15, 0.2) is 41.7 Å². The molecule has 0 aliphatic heterocycles. The number of aliphatic hydroxyl groups excluding tert-OH is 1. The molecule has 0 aliphatic carbocycles. The molecule has 2 rings (SSSR count). The van der Waals surface area contributed by atoms with Gasteiger partial charge in [0, 0.05) is 17.6 Å². The smallest absolute Gasteiger partial charge is 0.187 e. The van der Waals surface area contributed by atoms with E-state index in [4.69, 9.17) is 4.74 Å². The van der Waals surface area contributed by atoms with E-state index in [9.17, 15) is 5.11 Å². The second-order valence-corrected chi connectivity index (χ2v) is 5.07. The topological polar surface area (TPSA) is 55.2 Å². The van der Waals surface area contributed by atoms with Gasteiger partial charge in [-0.1, -0.05) is 23.9 Å². The fraction of sp³-hybridized carbons (Fsp3) is 0.286. The zero-order valence-electron chi connectivity index (χ0n) is 10.9. The summed E-state index contributed by atoms with van der Waals surface area (Å²) in [4.78, 5) is 8.44. The highest BCUT2D eigenvalue weighted by atomic mass is 32.2. The van der Waals surface area contributed by atoms with Crippen LogP contribution in [0.5, 0.6) is 5.75 Å². The van der Waals surface area contributed by atoms with Gasteiger partial charge in [0.15, 0.2) is 5.16 Å². The maximum Gasteiger partial charge on any atom is 0.187 e. The van der Waals surface area contributed by atoms with Crippen LogP contribution in [-0.2, 0) is 0 Å². The molecule has 2 aromatic rings. The average Bonchev–Trinajstić information content (AvgIpc) is 2.45. The molecule has 100 valence electrons. The summed E-state index contributed by atoms with van der Waals surface area (Å²) in [5.41, 5.74) is 1.76. The first kappa shape index (κ1) is 13.8. The van der Waals surface area contributed by atoms with Crippen molar-refractivity contribution in [1.82, 2.24) is 9.97 Å². The van der Waals surface area contributed by atoms with Crippen LogP contribution in [-0.4, -0.2) is 27.9 Å². The second kappa shape index (κ2) is 6.54. The molecule has 1 atom stereocenters. The normalized spacial score (nSPS) is 12.2. The molecular weight excluding hydrogens is 260 g/mol. The lowest BCUT2D eigenvalue weighted by Crippen LogP contribution is -2.02. The SMILES string of the molecule is COc1cccc(C(O)CSc2nccc(C)n2)c1. The van der Waals surface area contributed by atoms with Crippen LogP contribution in [0.1, 0.15) is 17.4 Å². The van der Waals surface area contributed by atoms with E-state index in [0.717, 1.165) is 17.0 Å². The van der Waals surface area contributed by atoms with E-state index in [1.165, 1.54) is 11.8 Å². The van der Waals surface area contributed by atoms with Gasteiger partial charge in [0.2, 0.25) is 0 Å². The highest BCUT2D eigenvalue weighted by Crippen LogP contribution is 2.24. The highest BCUT2D eigenvalue weighted by molar-refractivity contribution is 7.99. The molecule has 0 fully saturated rings. The van der Waals surface area contributed by atoms with Crippen molar-refractivity contribution in [2.75, 3.05) is 12.9 Å². The molecule has 0 radical (unpaired) electrons. The monoisotopic (exact) mass is 276 g/mol. The number of aromatic nitrogens is 2. The van der Waals surface area contributed by atoms with Crippen molar-refractivity contribution in [1.29, 1.82) is 0 Å². The molecule has 0 spiro atoms. The molecule has 0 saturated carbocycles. The summed E-state index contributed by atoms with van der Waals surface area (Å²) in [6, 6.07) is 9.29. The molecule has 4 nitrogen and oxygen atoms in total. The van der Waals surface area contributed by atoms with Crippen molar-refractivity contribution in [3.8, 4) is 5.75 Å². The van der Waals surface area contributed by atoms with E-state index in [0.29, 0.717) is 10.9 Å². The fourth-order valence-corrected chi connectivity index (χ4v) is 2.44. The number of rotatable bonds is 5. The van der Waals surface area contributed by atoms with E-state index in [-0.39, 0.29) is 0 Å². The Bertz CT molecular complexity index is 548. The van der Waals surface area contributed by atoms with Crippen LogP contribution in [0.2, 0.25) is 0 Å². The molecule has 1 N–H and O–H groups in total. The maximum absolute atomic E-state index is 10.1. The van der Waals surface area contributed by atoms with Crippen LogP contribution in [0, 0.1) is 6.92 Å². The number of methoxy groups -OCH3 is 1. The third-order valence-corrected chi connectivity index (χ3v) is 3.56. The Balaban J connectivity index is 1.99. The molecule has 0 bridgehead atoms. The van der Waals surface area contributed by atoms with Crippen LogP contribution < -0.4 is 4.74 Å². The number of aliphatic hydroxyl groups is 1. The van der Waals surface area contributed by atoms with Crippen molar-refractivity contribution in [3.05, 3.63) is 47.8 Å². The number of thioether (sulfide) groups is 1. The van der Waals surface area contributed by atoms with Crippen molar-refractivity contribution in [2.24, 2.45) is 0 Å². The van der Waals surface area contributed by atoms with E-state index in [1.54, 1.807) is 13.3 Å². The summed E-state index contributed by atoms with van der Waals surface area (Å²) in [5.74, 6) is 1.25. The van der Waals surface area contributed by atoms with E-state index in [2.05, 4.69) is 9.97 Å². The Kier molecular flexibility index (Phi) is 4.76. The summed E-state index contributed by atoms with van der Waals surface area (Å²) in [6.07, 6.45) is 1.16. The molecule has 1 unspecified atom stereocenters. The summed E-state index contributed by atoms with van der Waals surface area (Å²) >= 11 is 1.44. The minimum absolute atomic E-state index is 0.511. The van der Waals surface area contributed by atoms with Crippen LogP contribution in [0.3, 0.4) is 0 Å². The number of nitrogens with zero attached hydrogens (tertiary/aromatic N) is 2. The van der Waals surface area contributed by atoms with Gasteiger partial charge in [-0.2, -0.15) is 0 Å². The van der Waals surface area contributed by atoms with E-state index in [1.807, 2.05) is 37.3 Å². The number of benzene rings is 1. The van der Waals surface area contributed by atoms with E-state index < -0.39 is 6.10 Å². The van der Waals surface area contributed by atoms with Crippen molar-refractivity contribution in [2.45, 2.75) is 18.2 Å². The third-order valence-electron chi connectivity index (χ3n) is 2.62. The Morgan fingerprint density at radius 1 is 1.37 bits per heavy atom. The van der Waals surface area contributed by atoms with Gasteiger partial charge in [-0.05, 0) is 30.7 Å². The van der Waals surface area contributed by atoms with Crippen LogP contribution in [0.4, 0.5) is 0 Å². The Morgan fingerprint density at radius 2 is 2.21 bits per heavy atom. The standard InChI is InChI=1S/C14H16N2O2S/c1-10-6-7-15-14(16-10)19-9-13(17)11-4-3-5-12(8-11)18-2/h3-8,13,17H,9H2,1-2H3. The van der Waals surface area contributed by atoms with Gasteiger partial charge in [-0.3, -0.25) is 0 Å². The lowest BCUT2D eigenvalue weighted by Gasteiger charge is -2.11. The lowest BCUT2D eigenvalue weighted by molar-refractivity contribution is 0.203. The minimum Gasteiger partial charge on any atom is -0.497 e. The van der Waals surface area contributed by atoms with Gasteiger partial charge < -0.3 is 9.84 Å². The minimum atomic E-state index is -0.566. The highest BCUT2D eigenvalue weighted by Gasteiger charge is 2.10. The molecule has 0 amide bonds. The van der Waals surface area contributed by atoms with Crippen LogP contribution >= 0.6 is 11.8 Å². The zero-order chi connectivity index (χ0) is 13.7. The van der Waals surface area contributed by atoms with Gasteiger partial charge in [-0.25, -0.2) is 9.97 Å². The molecule has 1 heterocycles. The van der Waals surface area contributed by atoms with E-state index >= 15 is 0 Å². The van der Waals surface area contributed by atoms with Crippen molar-refractivity contribution >= 4 is 11.8 Å². The molecule has 0 saturated heterocycles. The summed E-state index contributed by atoms with van der Waals surface area (Å²) < 4.78 is 5.14. The quantitative estimate of drug-likeness (QED) is 0.672. The van der Waals surface area contributed by atoms with Crippen molar-refractivity contribution in [3.63, 3.8) is 0 Å². The Morgan fingerprint density at radius 3 is 2.95 bits per heavy atom. The van der Waals surface area contributed by atoms with Gasteiger partial charge in [0.05, 0.1) is 13.2 Å². The first-order chi connectivity index (χ1) is 9.19. The van der Waals surface area contributed by atoms with Gasteiger partial charge in [-0.15, -0.1) is 0 Å². The van der Waals surface area contributed by atoms with Gasteiger partial charge in [0.1, 0.15) is 5.75 Å². The van der Waals surface area contributed by atoms with Gasteiger partial charge >= 0.3 is 0 Å². The summed E-state index contributed by atoms with van der Waals surface area (Å²) in [7, 11) is 1.61. The Labute approximate surface area is 116 Å².